The number of carbonyl (C=O) groups is 4. The van der Waals surface area contributed by atoms with Crippen molar-refractivity contribution >= 4 is 63.8 Å². The Morgan fingerprint density at radius 1 is 0.926 bits per heavy atom. The van der Waals surface area contributed by atoms with Gasteiger partial charge in [-0.1, -0.05) is 29.8 Å². The van der Waals surface area contributed by atoms with Crippen LogP contribution in [-0.2, 0) is 9.53 Å². The predicted octanol–water partition coefficient (Wildman–Crippen LogP) is 5.24. The number of thiophene rings is 1. The second-order valence-corrected chi connectivity index (χ2v) is 13.8. The maximum Gasteiger partial charge on any atom is 0.412 e. The monoisotopic (exact) mass is 764 g/mol. The van der Waals surface area contributed by atoms with Gasteiger partial charge in [0.05, 0.1) is 27.4 Å². The van der Waals surface area contributed by atoms with E-state index in [1.165, 1.54) is 41.8 Å². The number of halogens is 1. The Bertz CT molecular complexity index is 2350. The van der Waals surface area contributed by atoms with Gasteiger partial charge < -0.3 is 19.4 Å². The molecular formula is C37H33ClN10O5S. The summed E-state index contributed by atoms with van der Waals surface area (Å²) in [5.74, 6) is -0.255. The number of fused-ring (bicyclic) bond motifs is 2. The summed E-state index contributed by atoms with van der Waals surface area (Å²) in [6.45, 7) is 4.16. The highest BCUT2D eigenvalue weighted by Gasteiger charge is 2.44. The molecule has 8 rings (SSSR count). The van der Waals surface area contributed by atoms with E-state index in [0.717, 1.165) is 30.0 Å². The van der Waals surface area contributed by atoms with Crippen LogP contribution >= 0.6 is 22.9 Å². The Balaban J connectivity index is 0.000000167. The average Bonchev–Trinajstić information content (AvgIpc) is 3.95. The summed E-state index contributed by atoms with van der Waals surface area (Å²) in [7, 11) is 3.73. The molecule has 1 unspecified atom stereocenters. The molecule has 6 aromatic rings. The lowest BCUT2D eigenvalue weighted by Gasteiger charge is -2.33. The highest BCUT2D eigenvalue weighted by molar-refractivity contribution is 7.12. The van der Waals surface area contributed by atoms with Gasteiger partial charge in [0.2, 0.25) is 17.9 Å². The molecule has 3 amide bonds. The average molecular weight is 765 g/mol. The number of carbonyl (C=O) groups excluding carboxylic acids is 4. The number of rotatable bonds is 6. The van der Waals surface area contributed by atoms with Crippen molar-refractivity contribution in [3.05, 3.63) is 118 Å². The summed E-state index contributed by atoms with van der Waals surface area (Å²) in [6.07, 6.45) is 6.00. The van der Waals surface area contributed by atoms with Crippen LogP contribution in [0.5, 0.6) is 0 Å². The number of aromatic nitrogens is 6. The number of ketones is 1. The van der Waals surface area contributed by atoms with Gasteiger partial charge in [-0.05, 0) is 48.8 Å². The molecule has 1 fully saturated rings. The third kappa shape index (κ3) is 7.26. The van der Waals surface area contributed by atoms with Crippen molar-refractivity contribution < 1.29 is 23.9 Å². The van der Waals surface area contributed by atoms with Crippen LogP contribution in [0, 0.1) is 0 Å². The van der Waals surface area contributed by atoms with Gasteiger partial charge in [-0.3, -0.25) is 19.4 Å². The third-order valence-corrected chi connectivity index (χ3v) is 10.0. The number of hydrogen-bond acceptors (Lipinski definition) is 12. The fraction of sp³-hybridized carbons (Fsp3) is 0.216. The van der Waals surface area contributed by atoms with Gasteiger partial charge in [0.1, 0.15) is 11.5 Å². The molecule has 0 radical (unpaired) electrons. The normalized spacial score (nSPS) is 15.4. The summed E-state index contributed by atoms with van der Waals surface area (Å²) >= 11 is 7.29. The van der Waals surface area contributed by atoms with E-state index in [1.807, 2.05) is 48.8 Å². The molecular weight excluding hydrogens is 732 g/mol. The van der Waals surface area contributed by atoms with Gasteiger partial charge in [-0.25, -0.2) is 29.2 Å². The zero-order valence-electron chi connectivity index (χ0n) is 29.4. The van der Waals surface area contributed by atoms with Crippen LogP contribution in [0.25, 0.3) is 16.9 Å². The van der Waals surface area contributed by atoms with Crippen LogP contribution in [0.4, 0.5) is 16.3 Å². The molecule has 2 aliphatic rings. The van der Waals surface area contributed by atoms with Crippen molar-refractivity contribution in [1.29, 1.82) is 0 Å². The Morgan fingerprint density at radius 2 is 1.72 bits per heavy atom. The molecule has 7 heterocycles. The van der Waals surface area contributed by atoms with Crippen molar-refractivity contribution in [2.24, 2.45) is 0 Å². The van der Waals surface area contributed by atoms with E-state index in [2.05, 4.69) is 29.9 Å². The second-order valence-electron chi connectivity index (χ2n) is 12.4. The van der Waals surface area contributed by atoms with Gasteiger partial charge in [-0.15, -0.1) is 11.3 Å². The fourth-order valence-corrected chi connectivity index (χ4v) is 6.70. The van der Waals surface area contributed by atoms with Gasteiger partial charge >= 0.3 is 6.09 Å². The molecule has 1 saturated heterocycles. The van der Waals surface area contributed by atoms with E-state index in [4.69, 9.17) is 16.3 Å². The smallest absolute Gasteiger partial charge is 0.412 e. The molecule has 0 N–H and O–H groups in total. The second kappa shape index (κ2) is 15.5. The van der Waals surface area contributed by atoms with E-state index in [1.54, 1.807) is 52.0 Å². The summed E-state index contributed by atoms with van der Waals surface area (Å²) in [4.78, 5) is 74.0. The van der Waals surface area contributed by atoms with Crippen LogP contribution in [0.1, 0.15) is 44.6 Å². The number of amides is 3. The predicted molar refractivity (Wildman–Crippen MR) is 202 cm³/mol. The first-order valence-electron chi connectivity index (χ1n) is 16.8. The number of hydrogen-bond donors (Lipinski definition) is 0. The molecule has 15 nitrogen and oxygen atoms in total. The molecule has 0 aliphatic carbocycles. The van der Waals surface area contributed by atoms with Gasteiger partial charge in [0.15, 0.2) is 11.3 Å². The zero-order valence-corrected chi connectivity index (χ0v) is 30.9. The van der Waals surface area contributed by atoms with E-state index in [-0.39, 0.29) is 17.4 Å². The molecule has 0 saturated carbocycles. The largest absolute Gasteiger partial charge is 0.419 e. The number of piperazine rings is 1. The van der Waals surface area contributed by atoms with Gasteiger partial charge in [0, 0.05) is 76.2 Å². The Labute approximate surface area is 318 Å². The van der Waals surface area contributed by atoms with E-state index in [9.17, 15) is 19.2 Å². The maximum atomic E-state index is 12.8. The number of anilines is 2. The van der Waals surface area contributed by atoms with Gasteiger partial charge in [-0.2, -0.15) is 5.10 Å². The molecule has 2 aliphatic heterocycles. The molecule has 0 spiro atoms. The molecule has 1 aromatic carbocycles. The highest BCUT2D eigenvalue weighted by Crippen LogP contribution is 2.36. The summed E-state index contributed by atoms with van der Waals surface area (Å²) in [5.41, 5.74) is 3.88. The van der Waals surface area contributed by atoms with Crippen LogP contribution in [0.2, 0.25) is 5.02 Å². The molecule has 54 heavy (non-hydrogen) atoms. The molecule has 17 heteroatoms. The van der Waals surface area contributed by atoms with Crippen LogP contribution < -0.4 is 9.80 Å². The number of benzene rings is 1. The van der Waals surface area contributed by atoms with Crippen LogP contribution in [0.3, 0.4) is 0 Å². The van der Waals surface area contributed by atoms with Crippen LogP contribution in [-0.4, -0.2) is 103 Å². The number of pyridine rings is 1. The lowest BCUT2D eigenvalue weighted by Crippen LogP contribution is -2.48. The minimum atomic E-state index is -1.03. The first-order valence-corrected chi connectivity index (χ1v) is 18.0. The first-order chi connectivity index (χ1) is 26.1. The number of likely N-dealkylation sites (N-methyl/N-ethyl adjacent to an activating group) is 1. The minimum absolute atomic E-state index is 0.0463. The molecule has 274 valence electrons. The maximum absolute atomic E-state index is 12.8. The molecule has 0 bridgehead atoms. The Morgan fingerprint density at radius 3 is 2.44 bits per heavy atom. The van der Waals surface area contributed by atoms with Crippen molar-refractivity contribution in [3.8, 4) is 11.3 Å². The standard InChI is InChI=1S/C20H16N4O2S.C17H17ClN6O3/c1-13(25)23(2)15-6-3-5-14(11-15)17-8-9-21-20-16(12-22-24(17)20)19(26)18-7-4-10-27-18;1-22-6-8-23(9-7-22)17(26)27-16-14-13(19-4-5-20-14)15(25)24(16)12-3-2-11(18)10-21-12/h3-12H,1-2H3;2-5,10,16H,6-9H2,1H3. The quantitative estimate of drug-likeness (QED) is 0.204. The van der Waals surface area contributed by atoms with Crippen molar-refractivity contribution in [2.75, 3.05) is 50.1 Å². The van der Waals surface area contributed by atoms with E-state index in [0.29, 0.717) is 45.7 Å². The molecule has 1 atom stereocenters. The number of ether oxygens (including phenoxy) is 1. The number of nitrogens with zero attached hydrogens (tertiary/aromatic N) is 10. The van der Waals surface area contributed by atoms with Gasteiger partial charge in [0.25, 0.3) is 5.91 Å². The Kier molecular flexibility index (Phi) is 10.4. The Hall–Kier alpha value is -6.10. The highest BCUT2D eigenvalue weighted by atomic mass is 35.5. The summed E-state index contributed by atoms with van der Waals surface area (Å²) < 4.78 is 7.34. The van der Waals surface area contributed by atoms with Crippen molar-refractivity contribution in [1.82, 2.24) is 39.3 Å². The van der Waals surface area contributed by atoms with Crippen molar-refractivity contribution in [2.45, 2.75) is 13.2 Å². The molecule has 5 aromatic heterocycles. The fourth-order valence-electron chi connectivity index (χ4n) is 5.91. The van der Waals surface area contributed by atoms with Crippen molar-refractivity contribution in [3.63, 3.8) is 0 Å². The topological polar surface area (TPSA) is 159 Å². The lowest BCUT2D eigenvalue weighted by molar-refractivity contribution is -0.116. The summed E-state index contributed by atoms with van der Waals surface area (Å²) in [5, 5.41) is 6.70. The van der Waals surface area contributed by atoms with Crippen LogP contribution in [0.15, 0.2) is 91.0 Å². The first kappa shape index (κ1) is 36.3. The van der Waals surface area contributed by atoms with E-state index < -0.39 is 18.2 Å². The third-order valence-electron chi connectivity index (χ3n) is 8.94. The van der Waals surface area contributed by atoms with E-state index >= 15 is 0 Å². The SMILES string of the molecule is CC(=O)N(C)c1cccc(-c2ccnc3c(C(=O)c4cccs4)cnn23)c1.CN1CCN(C(=O)OC2c3nccnc3C(=O)N2c2ccc(Cl)cn2)CC1. The zero-order chi connectivity index (χ0) is 37.9. The lowest BCUT2D eigenvalue weighted by atomic mass is 10.1. The summed E-state index contributed by atoms with van der Waals surface area (Å²) in [6, 6.07) is 16.3. The minimum Gasteiger partial charge on any atom is -0.419 e.